The molecular formula is C15H27N3S. The highest BCUT2D eigenvalue weighted by Crippen LogP contribution is 2.39. The lowest BCUT2D eigenvalue weighted by atomic mass is 9.75. The van der Waals surface area contributed by atoms with E-state index in [1.54, 1.807) is 11.3 Å². The molecule has 1 heterocycles. The van der Waals surface area contributed by atoms with Crippen molar-refractivity contribution in [2.24, 2.45) is 11.1 Å². The predicted octanol–water partition coefficient (Wildman–Crippen LogP) is 3.88. The summed E-state index contributed by atoms with van der Waals surface area (Å²) in [5, 5.41) is 1.13. The topological polar surface area (TPSA) is 42.2 Å². The van der Waals surface area contributed by atoms with Gasteiger partial charge in [0.2, 0.25) is 0 Å². The van der Waals surface area contributed by atoms with Gasteiger partial charge in [-0.05, 0) is 44.9 Å². The first kappa shape index (κ1) is 14.8. The van der Waals surface area contributed by atoms with E-state index in [1.165, 1.54) is 30.6 Å². The molecule has 1 unspecified atom stereocenters. The molecule has 1 aliphatic carbocycles. The zero-order valence-electron chi connectivity index (χ0n) is 12.9. The van der Waals surface area contributed by atoms with Crippen molar-refractivity contribution < 1.29 is 0 Å². The van der Waals surface area contributed by atoms with E-state index < -0.39 is 0 Å². The fourth-order valence-corrected chi connectivity index (χ4v) is 3.95. The maximum absolute atomic E-state index is 5.99. The molecule has 2 N–H and O–H groups in total. The van der Waals surface area contributed by atoms with Gasteiger partial charge in [-0.3, -0.25) is 0 Å². The molecule has 2 rings (SSSR count). The van der Waals surface area contributed by atoms with Crippen molar-refractivity contribution in [1.29, 1.82) is 0 Å². The van der Waals surface area contributed by atoms with Crippen LogP contribution in [0.25, 0.3) is 0 Å². The van der Waals surface area contributed by atoms with Crippen LogP contribution in [-0.2, 0) is 0 Å². The van der Waals surface area contributed by atoms with Crippen molar-refractivity contribution in [3.8, 4) is 0 Å². The summed E-state index contributed by atoms with van der Waals surface area (Å²) >= 11 is 1.76. The third kappa shape index (κ3) is 3.29. The molecule has 3 nitrogen and oxygen atoms in total. The summed E-state index contributed by atoms with van der Waals surface area (Å²) in [5.41, 5.74) is 7.61. The van der Waals surface area contributed by atoms with E-state index in [0.29, 0.717) is 11.5 Å². The quantitative estimate of drug-likeness (QED) is 0.914. The van der Waals surface area contributed by atoms with Gasteiger partial charge in [-0.25, -0.2) is 4.98 Å². The number of hydrogen-bond donors (Lipinski definition) is 1. The van der Waals surface area contributed by atoms with Crippen LogP contribution in [0.2, 0.25) is 0 Å². The van der Waals surface area contributed by atoms with Crippen molar-refractivity contribution in [1.82, 2.24) is 4.98 Å². The van der Waals surface area contributed by atoms with Gasteiger partial charge in [-0.2, -0.15) is 0 Å². The number of aromatic nitrogens is 1. The fraction of sp³-hybridized carbons (Fsp3) is 0.800. The molecule has 0 aliphatic heterocycles. The Hall–Kier alpha value is -0.610. The van der Waals surface area contributed by atoms with Crippen LogP contribution in [0.3, 0.4) is 0 Å². The second kappa shape index (κ2) is 5.41. The van der Waals surface area contributed by atoms with Crippen LogP contribution in [0, 0.1) is 12.3 Å². The van der Waals surface area contributed by atoms with Crippen LogP contribution in [0.15, 0.2) is 0 Å². The summed E-state index contributed by atoms with van der Waals surface area (Å²) in [6.07, 6.45) is 5.17. The van der Waals surface area contributed by atoms with E-state index in [0.717, 1.165) is 10.8 Å². The van der Waals surface area contributed by atoms with E-state index in [1.807, 2.05) is 6.92 Å². The van der Waals surface area contributed by atoms with Crippen LogP contribution in [0.5, 0.6) is 0 Å². The first-order valence-electron chi connectivity index (χ1n) is 7.26. The lowest BCUT2D eigenvalue weighted by Gasteiger charge is -2.38. The third-order valence-corrected chi connectivity index (χ3v) is 5.84. The number of anilines is 1. The summed E-state index contributed by atoms with van der Waals surface area (Å²) in [4.78, 5) is 8.30. The molecule has 0 aromatic carbocycles. The number of nitrogens with zero attached hydrogens (tertiary/aromatic N) is 2. The monoisotopic (exact) mass is 281 g/mol. The Morgan fingerprint density at radius 2 is 1.95 bits per heavy atom. The molecular weight excluding hydrogens is 254 g/mol. The van der Waals surface area contributed by atoms with Crippen LogP contribution in [0.1, 0.15) is 63.1 Å². The molecule has 1 aromatic rings. The van der Waals surface area contributed by atoms with Crippen molar-refractivity contribution in [2.75, 3.05) is 11.9 Å². The number of thiazole rings is 1. The molecule has 1 aromatic heterocycles. The Bertz CT molecular complexity index is 427. The minimum absolute atomic E-state index is 0.0879. The Morgan fingerprint density at radius 3 is 2.42 bits per heavy atom. The number of hydrogen-bond acceptors (Lipinski definition) is 4. The van der Waals surface area contributed by atoms with E-state index in [4.69, 9.17) is 10.7 Å². The van der Waals surface area contributed by atoms with Crippen LogP contribution < -0.4 is 10.6 Å². The van der Waals surface area contributed by atoms with Gasteiger partial charge in [0.1, 0.15) is 0 Å². The van der Waals surface area contributed by atoms with Gasteiger partial charge in [0.25, 0.3) is 0 Å². The molecule has 1 fully saturated rings. The van der Waals surface area contributed by atoms with Gasteiger partial charge in [0, 0.05) is 24.0 Å². The average molecular weight is 281 g/mol. The van der Waals surface area contributed by atoms with Gasteiger partial charge in [-0.15, -0.1) is 11.3 Å². The SMILES string of the molecule is Cc1nc(N(C)C2CCC(C)(C)CC2)sc1C(C)N. The first-order chi connectivity index (χ1) is 8.80. The fourth-order valence-electron chi connectivity index (χ4n) is 2.89. The Kier molecular flexibility index (Phi) is 4.21. The molecule has 1 atom stereocenters. The van der Waals surface area contributed by atoms with Crippen LogP contribution in [0.4, 0.5) is 5.13 Å². The second-order valence-corrected chi connectivity index (χ2v) is 7.75. The summed E-state index contributed by atoms with van der Waals surface area (Å²) < 4.78 is 0. The zero-order valence-corrected chi connectivity index (χ0v) is 13.7. The highest BCUT2D eigenvalue weighted by Gasteiger charge is 2.30. The highest BCUT2D eigenvalue weighted by atomic mass is 32.1. The van der Waals surface area contributed by atoms with Crippen LogP contribution in [-0.4, -0.2) is 18.1 Å². The molecule has 1 saturated carbocycles. The van der Waals surface area contributed by atoms with Gasteiger partial charge < -0.3 is 10.6 Å². The Balaban J connectivity index is 2.08. The minimum atomic E-state index is 0.0879. The van der Waals surface area contributed by atoms with Gasteiger partial charge in [-0.1, -0.05) is 13.8 Å². The Morgan fingerprint density at radius 1 is 1.37 bits per heavy atom. The van der Waals surface area contributed by atoms with E-state index in [9.17, 15) is 0 Å². The molecule has 0 saturated heterocycles. The maximum Gasteiger partial charge on any atom is 0.185 e. The number of rotatable bonds is 3. The van der Waals surface area contributed by atoms with Crippen LogP contribution >= 0.6 is 11.3 Å². The smallest absolute Gasteiger partial charge is 0.185 e. The molecule has 108 valence electrons. The first-order valence-corrected chi connectivity index (χ1v) is 8.07. The lowest BCUT2D eigenvalue weighted by molar-refractivity contribution is 0.222. The summed E-state index contributed by atoms with van der Waals surface area (Å²) in [6, 6.07) is 0.726. The minimum Gasteiger partial charge on any atom is -0.348 e. The van der Waals surface area contributed by atoms with Gasteiger partial charge >= 0.3 is 0 Å². The normalized spacial score (nSPS) is 21.4. The molecule has 4 heteroatoms. The van der Waals surface area contributed by atoms with Gasteiger partial charge in [0.05, 0.1) is 5.69 Å². The number of aryl methyl sites for hydroxylation is 1. The van der Waals surface area contributed by atoms with Gasteiger partial charge in [0.15, 0.2) is 5.13 Å². The summed E-state index contributed by atoms with van der Waals surface area (Å²) in [5.74, 6) is 0. The zero-order chi connectivity index (χ0) is 14.2. The number of nitrogens with two attached hydrogens (primary N) is 1. The van der Waals surface area contributed by atoms with Crippen molar-refractivity contribution >= 4 is 16.5 Å². The lowest BCUT2D eigenvalue weighted by Crippen LogP contribution is -2.37. The van der Waals surface area contributed by atoms with E-state index >= 15 is 0 Å². The van der Waals surface area contributed by atoms with E-state index in [-0.39, 0.29) is 6.04 Å². The largest absolute Gasteiger partial charge is 0.348 e. The van der Waals surface area contributed by atoms with E-state index in [2.05, 4.69) is 32.7 Å². The third-order valence-electron chi connectivity index (χ3n) is 4.39. The average Bonchev–Trinajstić information content (AvgIpc) is 2.70. The molecule has 0 bridgehead atoms. The molecule has 1 aliphatic rings. The molecule has 19 heavy (non-hydrogen) atoms. The highest BCUT2D eigenvalue weighted by molar-refractivity contribution is 7.15. The predicted molar refractivity (Wildman–Crippen MR) is 83.9 cm³/mol. The molecule has 0 spiro atoms. The maximum atomic E-state index is 5.99. The van der Waals surface area contributed by atoms with Crippen molar-refractivity contribution in [2.45, 2.75) is 65.5 Å². The Labute approximate surface area is 121 Å². The standard InChI is InChI=1S/C15H27N3S/c1-10(16)13-11(2)17-14(19-13)18(5)12-6-8-15(3,4)9-7-12/h10,12H,6-9,16H2,1-5H3. The van der Waals surface area contributed by atoms with Crippen molar-refractivity contribution in [3.63, 3.8) is 0 Å². The molecule has 0 amide bonds. The second-order valence-electron chi connectivity index (χ2n) is 6.74. The van der Waals surface area contributed by atoms with Crippen molar-refractivity contribution in [3.05, 3.63) is 10.6 Å². The summed E-state index contributed by atoms with van der Waals surface area (Å²) in [6.45, 7) is 8.86. The molecule has 0 radical (unpaired) electrons. The summed E-state index contributed by atoms with van der Waals surface area (Å²) in [7, 11) is 2.19.